The SMILES string of the molecule is CN(C)C(=O)C(=O)Nc1ccc(Br)cc1. The van der Waals surface area contributed by atoms with Crippen molar-refractivity contribution in [3.8, 4) is 0 Å². The summed E-state index contributed by atoms with van der Waals surface area (Å²) in [5, 5.41) is 2.50. The second kappa shape index (κ2) is 4.93. The molecule has 0 unspecified atom stereocenters. The van der Waals surface area contributed by atoms with Gasteiger partial charge in [0.1, 0.15) is 0 Å². The van der Waals surface area contributed by atoms with Gasteiger partial charge in [-0.05, 0) is 24.3 Å². The Bertz CT molecular complexity index is 374. The number of nitrogens with one attached hydrogen (secondary N) is 1. The minimum atomic E-state index is -0.637. The van der Waals surface area contributed by atoms with E-state index in [0.717, 1.165) is 4.47 Å². The number of benzene rings is 1. The Morgan fingerprint density at radius 1 is 1.20 bits per heavy atom. The van der Waals surface area contributed by atoms with Crippen molar-refractivity contribution < 1.29 is 9.59 Å². The fraction of sp³-hybridized carbons (Fsp3) is 0.200. The maximum atomic E-state index is 11.3. The summed E-state index contributed by atoms with van der Waals surface area (Å²) < 4.78 is 0.916. The summed E-state index contributed by atoms with van der Waals surface area (Å²) >= 11 is 3.28. The van der Waals surface area contributed by atoms with Crippen molar-refractivity contribution in [1.82, 2.24) is 4.90 Å². The van der Waals surface area contributed by atoms with Crippen LogP contribution in [-0.4, -0.2) is 30.8 Å². The van der Waals surface area contributed by atoms with Gasteiger partial charge in [-0.3, -0.25) is 9.59 Å². The van der Waals surface area contributed by atoms with Crippen molar-refractivity contribution in [3.63, 3.8) is 0 Å². The van der Waals surface area contributed by atoms with Crippen molar-refractivity contribution >= 4 is 33.4 Å². The minimum absolute atomic E-state index is 0.571. The van der Waals surface area contributed by atoms with Crippen LogP contribution in [0, 0.1) is 0 Å². The van der Waals surface area contributed by atoms with Gasteiger partial charge in [-0.2, -0.15) is 0 Å². The third-order valence-electron chi connectivity index (χ3n) is 1.70. The van der Waals surface area contributed by atoms with Gasteiger partial charge in [0.25, 0.3) is 0 Å². The zero-order valence-electron chi connectivity index (χ0n) is 8.45. The van der Waals surface area contributed by atoms with Crippen molar-refractivity contribution in [2.75, 3.05) is 19.4 Å². The molecule has 0 saturated heterocycles. The van der Waals surface area contributed by atoms with E-state index in [0.29, 0.717) is 5.69 Å². The molecule has 0 aliphatic heterocycles. The van der Waals surface area contributed by atoms with Crippen LogP contribution in [0.4, 0.5) is 5.69 Å². The van der Waals surface area contributed by atoms with Gasteiger partial charge in [-0.1, -0.05) is 15.9 Å². The number of hydrogen-bond donors (Lipinski definition) is 1. The van der Waals surface area contributed by atoms with Gasteiger partial charge in [0.2, 0.25) is 0 Å². The number of halogens is 1. The van der Waals surface area contributed by atoms with Crippen LogP contribution in [0.25, 0.3) is 0 Å². The molecule has 0 atom stereocenters. The van der Waals surface area contributed by atoms with E-state index in [-0.39, 0.29) is 0 Å². The lowest BCUT2D eigenvalue weighted by atomic mass is 10.3. The normalized spacial score (nSPS) is 9.53. The first-order valence-corrected chi connectivity index (χ1v) is 5.08. The first-order chi connectivity index (χ1) is 7.00. The zero-order valence-corrected chi connectivity index (χ0v) is 10.0. The lowest BCUT2D eigenvalue weighted by Crippen LogP contribution is -2.34. The van der Waals surface area contributed by atoms with Crippen LogP contribution >= 0.6 is 15.9 Å². The number of likely N-dealkylation sites (N-methyl/N-ethyl adjacent to an activating group) is 1. The summed E-state index contributed by atoms with van der Waals surface area (Å²) in [5.74, 6) is -1.21. The molecule has 1 aromatic carbocycles. The van der Waals surface area contributed by atoms with Crippen molar-refractivity contribution in [2.45, 2.75) is 0 Å². The highest BCUT2D eigenvalue weighted by Gasteiger charge is 2.15. The number of carbonyl (C=O) groups excluding carboxylic acids is 2. The van der Waals surface area contributed by atoms with Crippen LogP contribution in [0.15, 0.2) is 28.7 Å². The highest BCUT2D eigenvalue weighted by molar-refractivity contribution is 9.10. The van der Waals surface area contributed by atoms with Crippen molar-refractivity contribution in [1.29, 1.82) is 0 Å². The molecule has 0 aliphatic carbocycles. The lowest BCUT2D eigenvalue weighted by Gasteiger charge is -2.09. The molecule has 0 spiro atoms. The van der Waals surface area contributed by atoms with Gasteiger partial charge < -0.3 is 10.2 Å². The summed E-state index contributed by atoms with van der Waals surface area (Å²) in [6.07, 6.45) is 0. The average molecular weight is 271 g/mol. The fourth-order valence-electron chi connectivity index (χ4n) is 0.921. The van der Waals surface area contributed by atoms with Crippen LogP contribution < -0.4 is 5.32 Å². The van der Waals surface area contributed by atoms with Gasteiger partial charge in [0.05, 0.1) is 0 Å². The standard InChI is InChI=1S/C10H11BrN2O2/c1-13(2)10(15)9(14)12-8-5-3-7(11)4-6-8/h3-6H,1-2H3,(H,12,14). The van der Waals surface area contributed by atoms with E-state index in [9.17, 15) is 9.59 Å². The highest BCUT2D eigenvalue weighted by atomic mass is 79.9. The number of amides is 2. The molecule has 2 amide bonds. The molecule has 0 bridgehead atoms. The molecule has 0 radical (unpaired) electrons. The molecule has 15 heavy (non-hydrogen) atoms. The quantitative estimate of drug-likeness (QED) is 0.786. The molecule has 1 N–H and O–H groups in total. The molecule has 0 saturated carbocycles. The zero-order chi connectivity index (χ0) is 11.4. The largest absolute Gasteiger partial charge is 0.341 e. The molecule has 4 nitrogen and oxygen atoms in total. The Kier molecular flexibility index (Phi) is 3.85. The fourth-order valence-corrected chi connectivity index (χ4v) is 1.19. The predicted octanol–water partition coefficient (Wildman–Crippen LogP) is 1.48. The second-order valence-electron chi connectivity index (χ2n) is 3.16. The van der Waals surface area contributed by atoms with Crippen LogP contribution in [0.3, 0.4) is 0 Å². The van der Waals surface area contributed by atoms with Gasteiger partial charge in [-0.15, -0.1) is 0 Å². The molecule has 0 aromatic heterocycles. The molecular formula is C10H11BrN2O2. The maximum Gasteiger partial charge on any atom is 0.313 e. The van der Waals surface area contributed by atoms with E-state index in [2.05, 4.69) is 21.2 Å². The van der Waals surface area contributed by atoms with Crippen LogP contribution in [0.5, 0.6) is 0 Å². The van der Waals surface area contributed by atoms with E-state index in [1.54, 1.807) is 24.3 Å². The first-order valence-electron chi connectivity index (χ1n) is 4.29. The number of anilines is 1. The van der Waals surface area contributed by atoms with Gasteiger partial charge in [0.15, 0.2) is 0 Å². The molecular weight excluding hydrogens is 260 g/mol. The summed E-state index contributed by atoms with van der Waals surface area (Å²) in [6.45, 7) is 0. The maximum absolute atomic E-state index is 11.3. The minimum Gasteiger partial charge on any atom is -0.341 e. The Morgan fingerprint density at radius 3 is 2.20 bits per heavy atom. The van der Waals surface area contributed by atoms with Crippen LogP contribution in [-0.2, 0) is 9.59 Å². The summed E-state index contributed by atoms with van der Waals surface area (Å²) in [5.41, 5.74) is 0.596. The summed E-state index contributed by atoms with van der Waals surface area (Å²) in [4.78, 5) is 23.8. The molecule has 80 valence electrons. The topological polar surface area (TPSA) is 49.4 Å². The Labute approximate surface area is 96.4 Å². The second-order valence-corrected chi connectivity index (χ2v) is 4.08. The summed E-state index contributed by atoms with van der Waals surface area (Å²) in [7, 11) is 3.06. The summed E-state index contributed by atoms with van der Waals surface area (Å²) in [6, 6.07) is 7.00. The smallest absolute Gasteiger partial charge is 0.313 e. The Balaban J connectivity index is 2.67. The molecule has 0 fully saturated rings. The third kappa shape index (κ3) is 3.36. The van der Waals surface area contributed by atoms with Crippen LogP contribution in [0.2, 0.25) is 0 Å². The first kappa shape index (κ1) is 11.7. The van der Waals surface area contributed by atoms with E-state index in [1.165, 1.54) is 19.0 Å². The van der Waals surface area contributed by atoms with Gasteiger partial charge in [0, 0.05) is 24.3 Å². The molecule has 0 aliphatic rings. The number of rotatable bonds is 1. The lowest BCUT2D eigenvalue weighted by molar-refractivity contribution is -0.141. The average Bonchev–Trinajstić information content (AvgIpc) is 2.20. The van der Waals surface area contributed by atoms with Crippen molar-refractivity contribution in [2.24, 2.45) is 0 Å². The van der Waals surface area contributed by atoms with E-state index < -0.39 is 11.8 Å². The van der Waals surface area contributed by atoms with Crippen LogP contribution in [0.1, 0.15) is 0 Å². The Morgan fingerprint density at radius 2 is 1.73 bits per heavy atom. The molecule has 0 heterocycles. The number of carbonyl (C=O) groups is 2. The molecule has 1 aromatic rings. The van der Waals surface area contributed by atoms with E-state index >= 15 is 0 Å². The van der Waals surface area contributed by atoms with Gasteiger partial charge >= 0.3 is 11.8 Å². The molecule has 1 rings (SSSR count). The van der Waals surface area contributed by atoms with E-state index in [1.807, 2.05) is 0 Å². The Hall–Kier alpha value is -1.36. The number of nitrogens with zero attached hydrogens (tertiary/aromatic N) is 1. The highest BCUT2D eigenvalue weighted by Crippen LogP contribution is 2.13. The monoisotopic (exact) mass is 270 g/mol. The van der Waals surface area contributed by atoms with Crippen molar-refractivity contribution in [3.05, 3.63) is 28.7 Å². The third-order valence-corrected chi connectivity index (χ3v) is 2.23. The van der Waals surface area contributed by atoms with Gasteiger partial charge in [-0.25, -0.2) is 0 Å². The predicted molar refractivity (Wildman–Crippen MR) is 61.5 cm³/mol. The number of hydrogen-bond acceptors (Lipinski definition) is 2. The molecule has 5 heteroatoms. The van der Waals surface area contributed by atoms with E-state index in [4.69, 9.17) is 0 Å².